The number of hydrogen-bond donors (Lipinski definition) is 2. The van der Waals surface area contributed by atoms with Crippen LogP contribution in [-0.4, -0.2) is 27.6 Å². The van der Waals surface area contributed by atoms with Crippen molar-refractivity contribution in [3.8, 4) is 5.88 Å². The number of amides is 1. The third kappa shape index (κ3) is 11.1. The number of halogens is 4. The molecule has 0 saturated carbocycles. The van der Waals surface area contributed by atoms with Gasteiger partial charge in [0.1, 0.15) is 11.2 Å². The number of ether oxygens (including phenoxy) is 1. The normalized spacial score (nSPS) is 10.7. The molecule has 139 valence electrons. The number of aliphatic carboxylic acids is 1. The minimum absolute atomic E-state index is 0. The van der Waals surface area contributed by atoms with Gasteiger partial charge in [-0.05, 0) is 26.8 Å². The Morgan fingerprint density at radius 3 is 2.04 bits per heavy atom. The standard InChI is InChI=1S/C12H13ClF3N2O2.C2H3O2.Y/c1-6(19)17-9-8(13)5-7(12(14,15)16)10(18-9)20-11(2,3)4;1-2(3)4;/h5H,1H2,2-4H3,(H,17,18,19);1H2,(H,3,4);/q2*-1;. The number of carboxylic acids is 1. The van der Waals surface area contributed by atoms with Gasteiger partial charge in [0.2, 0.25) is 5.88 Å². The minimum Gasteiger partial charge on any atom is -0.503 e. The van der Waals surface area contributed by atoms with E-state index in [0.29, 0.717) is 6.07 Å². The number of nitrogens with one attached hydrogen (secondary N) is 1. The third-order valence-electron chi connectivity index (χ3n) is 1.91. The van der Waals surface area contributed by atoms with Gasteiger partial charge in [0, 0.05) is 32.7 Å². The van der Waals surface area contributed by atoms with E-state index in [0.717, 1.165) is 0 Å². The van der Waals surface area contributed by atoms with E-state index in [9.17, 15) is 18.0 Å². The molecule has 1 rings (SSSR count). The van der Waals surface area contributed by atoms with Gasteiger partial charge >= 0.3 is 6.18 Å². The van der Waals surface area contributed by atoms with Crippen molar-refractivity contribution in [3.05, 3.63) is 30.5 Å². The van der Waals surface area contributed by atoms with Crippen molar-refractivity contribution in [2.75, 3.05) is 5.32 Å². The molecule has 25 heavy (non-hydrogen) atoms. The van der Waals surface area contributed by atoms with Crippen LogP contribution in [0.15, 0.2) is 6.07 Å². The molecule has 0 fully saturated rings. The first-order valence-electron chi connectivity index (χ1n) is 6.28. The van der Waals surface area contributed by atoms with Crippen LogP contribution < -0.4 is 10.1 Å². The first-order valence-corrected chi connectivity index (χ1v) is 6.66. The van der Waals surface area contributed by atoms with Gasteiger partial charge in [-0.1, -0.05) is 11.6 Å². The molecule has 6 nitrogen and oxygen atoms in total. The maximum atomic E-state index is 12.9. The summed E-state index contributed by atoms with van der Waals surface area (Å²) >= 11 is 5.66. The van der Waals surface area contributed by atoms with Gasteiger partial charge in [0.25, 0.3) is 0 Å². The van der Waals surface area contributed by atoms with Gasteiger partial charge < -0.3 is 26.9 Å². The molecule has 1 aromatic heterocycles. The average molecular weight is 458 g/mol. The summed E-state index contributed by atoms with van der Waals surface area (Å²) in [4.78, 5) is 23.4. The van der Waals surface area contributed by atoms with Crippen LogP contribution in [0, 0.1) is 13.8 Å². The predicted octanol–water partition coefficient (Wildman–Crippen LogP) is 3.61. The summed E-state index contributed by atoms with van der Waals surface area (Å²) in [7, 11) is 0. The second-order valence-corrected chi connectivity index (χ2v) is 5.73. The Balaban J connectivity index is 0. The Labute approximate surface area is 173 Å². The number of pyridine rings is 1. The quantitative estimate of drug-likeness (QED) is 0.663. The fourth-order valence-corrected chi connectivity index (χ4v) is 1.46. The molecule has 1 amide bonds. The predicted molar refractivity (Wildman–Crippen MR) is 81.6 cm³/mol. The summed E-state index contributed by atoms with van der Waals surface area (Å²) in [5.74, 6) is -2.72. The fourth-order valence-electron chi connectivity index (χ4n) is 1.26. The molecule has 0 aromatic carbocycles. The van der Waals surface area contributed by atoms with Gasteiger partial charge in [-0.2, -0.15) is 18.2 Å². The van der Waals surface area contributed by atoms with E-state index in [1.54, 1.807) is 20.8 Å². The number of hydrogen-bond acceptors (Lipinski definition) is 4. The molecule has 0 unspecified atom stereocenters. The second-order valence-electron chi connectivity index (χ2n) is 5.33. The van der Waals surface area contributed by atoms with Crippen LogP contribution >= 0.6 is 11.6 Å². The Kier molecular flexibility index (Phi) is 10.5. The van der Waals surface area contributed by atoms with Crippen molar-refractivity contribution in [1.29, 1.82) is 0 Å². The SMILES string of the molecule is [CH2-]C(=O)Nc1nc(OC(C)(C)C)c(C(F)(F)F)cc1Cl.[CH2-]C(=O)O.[Y]. The largest absolute Gasteiger partial charge is 0.503 e. The van der Waals surface area contributed by atoms with Crippen molar-refractivity contribution in [2.45, 2.75) is 32.5 Å². The molecule has 1 radical (unpaired) electrons. The van der Waals surface area contributed by atoms with E-state index in [1.165, 1.54) is 0 Å². The summed E-state index contributed by atoms with van der Waals surface area (Å²) in [6, 6.07) is 0.654. The topological polar surface area (TPSA) is 88.5 Å². The van der Waals surface area contributed by atoms with Crippen LogP contribution in [0.25, 0.3) is 0 Å². The van der Waals surface area contributed by atoms with E-state index in [4.69, 9.17) is 26.2 Å². The van der Waals surface area contributed by atoms with Crippen LogP contribution in [-0.2, 0) is 48.5 Å². The molecule has 1 heterocycles. The fraction of sp³-hybridized carbons (Fsp3) is 0.357. The summed E-state index contributed by atoms with van der Waals surface area (Å²) in [6.45, 7) is 10.3. The van der Waals surface area contributed by atoms with E-state index in [2.05, 4.69) is 24.1 Å². The maximum absolute atomic E-state index is 12.9. The summed E-state index contributed by atoms with van der Waals surface area (Å²) in [5.41, 5.74) is -2.01. The van der Waals surface area contributed by atoms with Gasteiger partial charge in [-0.3, -0.25) is 11.7 Å². The van der Waals surface area contributed by atoms with Crippen molar-refractivity contribution in [1.82, 2.24) is 4.98 Å². The van der Waals surface area contributed by atoms with E-state index in [1.807, 2.05) is 0 Å². The summed E-state index contributed by atoms with van der Waals surface area (Å²) < 4.78 is 43.9. The monoisotopic (exact) mass is 457 g/mol. The van der Waals surface area contributed by atoms with E-state index in [-0.39, 0.29) is 43.5 Å². The van der Waals surface area contributed by atoms with Crippen LogP contribution in [0.5, 0.6) is 5.88 Å². The van der Waals surface area contributed by atoms with Gasteiger partial charge in [0.15, 0.2) is 11.8 Å². The van der Waals surface area contributed by atoms with E-state index < -0.39 is 35.1 Å². The van der Waals surface area contributed by atoms with Gasteiger partial charge in [0.05, 0.1) is 10.9 Å². The van der Waals surface area contributed by atoms with Crippen LogP contribution in [0.3, 0.4) is 0 Å². The molecule has 0 saturated heterocycles. The molecule has 1 aromatic rings. The van der Waals surface area contributed by atoms with Crippen LogP contribution in [0.1, 0.15) is 26.3 Å². The van der Waals surface area contributed by atoms with Crippen molar-refractivity contribution in [3.63, 3.8) is 0 Å². The Morgan fingerprint density at radius 1 is 1.28 bits per heavy atom. The van der Waals surface area contributed by atoms with Crippen molar-refractivity contribution >= 4 is 29.3 Å². The summed E-state index contributed by atoms with van der Waals surface area (Å²) in [5, 5.41) is 9.09. The molecular formula is C14H16ClF3N2O4Y-2. The number of alkyl halides is 3. The minimum atomic E-state index is -4.68. The Bertz CT molecular complexity index is 615. The van der Waals surface area contributed by atoms with Crippen molar-refractivity contribution < 1.29 is 65.3 Å². The molecular weight excluding hydrogens is 442 g/mol. The summed E-state index contributed by atoms with van der Waals surface area (Å²) in [6.07, 6.45) is -4.68. The van der Waals surface area contributed by atoms with Crippen molar-refractivity contribution in [2.24, 2.45) is 0 Å². The zero-order chi connectivity index (χ0) is 19.3. The van der Waals surface area contributed by atoms with E-state index >= 15 is 0 Å². The second kappa shape index (κ2) is 10.1. The molecule has 0 aliphatic heterocycles. The van der Waals surface area contributed by atoms with Crippen LogP contribution in [0.2, 0.25) is 5.02 Å². The number of carbonyl (C=O) groups excluding carboxylic acids is 1. The zero-order valence-corrected chi connectivity index (χ0v) is 17.3. The molecule has 0 aliphatic carbocycles. The molecule has 2 N–H and O–H groups in total. The van der Waals surface area contributed by atoms with Gasteiger partial charge in [-0.25, -0.2) is 0 Å². The number of carbonyl (C=O) groups is 2. The number of carboxylic acid groups (broad SMARTS) is 1. The smallest absolute Gasteiger partial charge is 0.421 e. The molecule has 0 atom stereocenters. The maximum Gasteiger partial charge on any atom is 0.421 e. The molecule has 0 spiro atoms. The molecule has 0 aliphatic rings. The number of nitrogens with zero attached hydrogens (tertiary/aromatic N) is 1. The first kappa shape index (κ1) is 26.0. The number of rotatable bonds is 2. The Morgan fingerprint density at radius 2 is 1.72 bits per heavy atom. The van der Waals surface area contributed by atoms with Gasteiger partial charge in [-0.15, -0.1) is 0 Å². The zero-order valence-electron chi connectivity index (χ0n) is 13.7. The van der Waals surface area contributed by atoms with Crippen LogP contribution in [0.4, 0.5) is 19.0 Å². The first-order chi connectivity index (χ1) is 10.6. The third-order valence-corrected chi connectivity index (χ3v) is 2.20. The number of aromatic nitrogens is 1. The molecule has 0 bridgehead atoms. The average Bonchev–Trinajstić information content (AvgIpc) is 2.28. The number of anilines is 1. The molecule has 11 heteroatoms. The Hall–Kier alpha value is -1.19.